The summed E-state index contributed by atoms with van der Waals surface area (Å²) in [5, 5.41) is 3.35. The molecule has 2 fully saturated rings. The standard InChI is InChI=1S/C16H20F3N/c17-16(18,19)14-7-5-12(6-8-14)9-15(10-20-11-15)13-3-1-2-4-13/h5-8,13,20H,1-4,9-11H2. The van der Waals surface area contributed by atoms with Crippen LogP contribution in [-0.2, 0) is 12.6 Å². The molecular formula is C16H20F3N. The van der Waals surface area contributed by atoms with Gasteiger partial charge >= 0.3 is 6.18 Å². The normalized spacial score (nSPS) is 22.8. The molecule has 1 aliphatic heterocycles. The van der Waals surface area contributed by atoms with Crippen LogP contribution < -0.4 is 5.32 Å². The van der Waals surface area contributed by atoms with Crippen molar-refractivity contribution in [2.75, 3.05) is 13.1 Å². The van der Waals surface area contributed by atoms with Crippen molar-refractivity contribution in [3.05, 3.63) is 35.4 Å². The number of alkyl halides is 3. The van der Waals surface area contributed by atoms with E-state index in [1.165, 1.54) is 37.8 Å². The zero-order chi connectivity index (χ0) is 14.2. The van der Waals surface area contributed by atoms with Crippen molar-refractivity contribution in [3.63, 3.8) is 0 Å². The number of hydrogen-bond acceptors (Lipinski definition) is 1. The Bertz CT molecular complexity index is 454. The quantitative estimate of drug-likeness (QED) is 0.883. The molecule has 3 rings (SSSR count). The predicted molar refractivity (Wildman–Crippen MR) is 72.4 cm³/mol. The van der Waals surface area contributed by atoms with Crippen LogP contribution in [0.15, 0.2) is 24.3 Å². The number of hydrogen-bond donors (Lipinski definition) is 1. The summed E-state index contributed by atoms with van der Waals surface area (Å²) < 4.78 is 37.7. The lowest BCUT2D eigenvalue weighted by Crippen LogP contribution is -2.58. The molecule has 1 heterocycles. The van der Waals surface area contributed by atoms with Crippen molar-refractivity contribution in [1.29, 1.82) is 0 Å². The van der Waals surface area contributed by atoms with Crippen molar-refractivity contribution in [1.82, 2.24) is 5.32 Å². The molecule has 0 atom stereocenters. The maximum Gasteiger partial charge on any atom is 0.416 e. The summed E-state index contributed by atoms with van der Waals surface area (Å²) in [4.78, 5) is 0. The predicted octanol–water partition coefficient (Wildman–Crippen LogP) is 4.03. The Hall–Kier alpha value is -1.03. The lowest BCUT2D eigenvalue weighted by atomic mass is 9.66. The Morgan fingerprint density at radius 2 is 1.65 bits per heavy atom. The fraction of sp³-hybridized carbons (Fsp3) is 0.625. The van der Waals surface area contributed by atoms with Gasteiger partial charge in [-0.1, -0.05) is 25.0 Å². The van der Waals surface area contributed by atoms with Crippen LogP contribution in [0, 0.1) is 11.3 Å². The van der Waals surface area contributed by atoms with Gasteiger partial charge in [0, 0.05) is 18.5 Å². The highest BCUT2D eigenvalue weighted by Crippen LogP contribution is 2.45. The van der Waals surface area contributed by atoms with E-state index in [9.17, 15) is 13.2 Å². The average molecular weight is 283 g/mol. The van der Waals surface area contributed by atoms with Crippen molar-refractivity contribution in [3.8, 4) is 0 Å². The maximum atomic E-state index is 12.6. The molecule has 2 aliphatic rings. The summed E-state index contributed by atoms with van der Waals surface area (Å²) >= 11 is 0. The second kappa shape index (κ2) is 5.06. The van der Waals surface area contributed by atoms with Gasteiger partial charge in [-0.2, -0.15) is 13.2 Å². The second-order valence-corrected chi connectivity index (χ2v) is 6.32. The number of benzene rings is 1. The van der Waals surface area contributed by atoms with Gasteiger partial charge in [0.15, 0.2) is 0 Å². The van der Waals surface area contributed by atoms with Gasteiger partial charge in [0.1, 0.15) is 0 Å². The molecule has 0 spiro atoms. The van der Waals surface area contributed by atoms with E-state index in [0.717, 1.165) is 31.0 Å². The van der Waals surface area contributed by atoms with E-state index in [0.29, 0.717) is 0 Å². The third kappa shape index (κ3) is 2.58. The molecule has 1 aliphatic carbocycles. The van der Waals surface area contributed by atoms with Gasteiger partial charge in [0.2, 0.25) is 0 Å². The molecule has 1 N–H and O–H groups in total. The molecule has 1 aromatic rings. The minimum Gasteiger partial charge on any atom is -0.315 e. The maximum absolute atomic E-state index is 12.6. The summed E-state index contributed by atoms with van der Waals surface area (Å²) in [6.45, 7) is 2.03. The third-order valence-electron chi connectivity index (χ3n) is 5.01. The molecular weight excluding hydrogens is 263 g/mol. The smallest absolute Gasteiger partial charge is 0.315 e. The van der Waals surface area contributed by atoms with Crippen molar-refractivity contribution < 1.29 is 13.2 Å². The molecule has 0 radical (unpaired) electrons. The first kappa shape index (κ1) is 13.9. The number of rotatable bonds is 3. The van der Waals surface area contributed by atoms with E-state index < -0.39 is 11.7 Å². The highest BCUT2D eigenvalue weighted by atomic mass is 19.4. The van der Waals surface area contributed by atoms with E-state index in [-0.39, 0.29) is 5.41 Å². The van der Waals surface area contributed by atoms with Crippen LogP contribution in [0.3, 0.4) is 0 Å². The summed E-state index contributed by atoms with van der Waals surface area (Å²) in [6.07, 6.45) is 1.84. The van der Waals surface area contributed by atoms with Gasteiger partial charge < -0.3 is 5.32 Å². The van der Waals surface area contributed by atoms with Crippen LogP contribution in [-0.4, -0.2) is 13.1 Å². The summed E-state index contributed by atoms with van der Waals surface area (Å²) in [5.74, 6) is 0.742. The van der Waals surface area contributed by atoms with Gasteiger partial charge in [-0.25, -0.2) is 0 Å². The lowest BCUT2D eigenvalue weighted by Gasteiger charge is -2.48. The molecule has 1 saturated carbocycles. The minimum absolute atomic E-state index is 0.288. The highest BCUT2D eigenvalue weighted by molar-refractivity contribution is 5.26. The first-order valence-corrected chi connectivity index (χ1v) is 7.36. The Morgan fingerprint density at radius 1 is 1.05 bits per heavy atom. The van der Waals surface area contributed by atoms with Crippen LogP contribution in [0.4, 0.5) is 13.2 Å². The summed E-state index contributed by atoms with van der Waals surface area (Å²) in [7, 11) is 0. The zero-order valence-electron chi connectivity index (χ0n) is 11.5. The second-order valence-electron chi connectivity index (χ2n) is 6.32. The Balaban J connectivity index is 1.73. The van der Waals surface area contributed by atoms with Crippen LogP contribution >= 0.6 is 0 Å². The van der Waals surface area contributed by atoms with Gasteiger partial charge in [0.05, 0.1) is 5.56 Å². The van der Waals surface area contributed by atoms with E-state index in [1.807, 2.05) is 0 Å². The van der Waals surface area contributed by atoms with E-state index in [2.05, 4.69) is 5.32 Å². The van der Waals surface area contributed by atoms with Crippen molar-refractivity contribution in [2.45, 2.75) is 38.3 Å². The van der Waals surface area contributed by atoms with Crippen LogP contribution in [0.25, 0.3) is 0 Å². The largest absolute Gasteiger partial charge is 0.416 e. The summed E-state index contributed by atoms with van der Waals surface area (Å²) in [5.41, 5.74) is 0.769. The van der Waals surface area contributed by atoms with Gasteiger partial charge in [-0.15, -0.1) is 0 Å². The molecule has 20 heavy (non-hydrogen) atoms. The first-order valence-electron chi connectivity index (χ1n) is 7.36. The van der Waals surface area contributed by atoms with Crippen LogP contribution in [0.5, 0.6) is 0 Å². The van der Waals surface area contributed by atoms with Gasteiger partial charge in [-0.05, 0) is 42.9 Å². The molecule has 0 aromatic heterocycles. The molecule has 1 saturated heterocycles. The van der Waals surface area contributed by atoms with Crippen molar-refractivity contribution in [2.24, 2.45) is 11.3 Å². The van der Waals surface area contributed by atoms with E-state index in [1.54, 1.807) is 12.1 Å². The van der Waals surface area contributed by atoms with E-state index in [4.69, 9.17) is 0 Å². The summed E-state index contributed by atoms with van der Waals surface area (Å²) in [6, 6.07) is 5.73. The molecule has 4 heteroatoms. The lowest BCUT2D eigenvalue weighted by molar-refractivity contribution is -0.137. The van der Waals surface area contributed by atoms with Crippen LogP contribution in [0.1, 0.15) is 36.8 Å². The Morgan fingerprint density at radius 3 is 2.10 bits per heavy atom. The first-order chi connectivity index (χ1) is 9.50. The van der Waals surface area contributed by atoms with Gasteiger partial charge in [-0.3, -0.25) is 0 Å². The molecule has 0 amide bonds. The molecule has 0 unspecified atom stereocenters. The fourth-order valence-corrected chi connectivity index (χ4v) is 3.76. The Labute approximate surface area is 117 Å². The zero-order valence-corrected chi connectivity index (χ0v) is 11.5. The topological polar surface area (TPSA) is 12.0 Å². The minimum atomic E-state index is -4.24. The molecule has 110 valence electrons. The highest BCUT2D eigenvalue weighted by Gasteiger charge is 2.44. The van der Waals surface area contributed by atoms with Gasteiger partial charge in [0.25, 0.3) is 0 Å². The molecule has 0 bridgehead atoms. The number of nitrogens with one attached hydrogen (secondary N) is 1. The number of halogens is 3. The monoisotopic (exact) mass is 283 g/mol. The molecule has 1 nitrogen and oxygen atoms in total. The Kier molecular flexibility index (Phi) is 3.53. The van der Waals surface area contributed by atoms with Crippen molar-refractivity contribution >= 4 is 0 Å². The third-order valence-corrected chi connectivity index (χ3v) is 5.01. The van der Waals surface area contributed by atoms with E-state index >= 15 is 0 Å². The average Bonchev–Trinajstić information content (AvgIpc) is 2.87. The van der Waals surface area contributed by atoms with Crippen LogP contribution in [0.2, 0.25) is 0 Å². The SMILES string of the molecule is FC(F)(F)c1ccc(CC2(C3CCCC3)CNC2)cc1. The fourth-order valence-electron chi connectivity index (χ4n) is 3.76. The molecule has 1 aromatic carbocycles.